The molecule has 19 heavy (non-hydrogen) atoms. The van der Waals surface area contributed by atoms with Crippen molar-refractivity contribution >= 4 is 12.4 Å². The number of nitrogens with one attached hydrogen (secondary N) is 1. The molecule has 1 aliphatic rings. The van der Waals surface area contributed by atoms with E-state index < -0.39 is 0 Å². The fraction of sp³-hybridized carbons (Fsp3) is 0.500. The summed E-state index contributed by atoms with van der Waals surface area (Å²) in [5.74, 6) is 3.34. The topological polar surface area (TPSA) is 21.3 Å². The minimum absolute atomic E-state index is 0. The Morgan fingerprint density at radius 1 is 1.26 bits per heavy atom. The van der Waals surface area contributed by atoms with Crippen LogP contribution in [0.4, 0.5) is 0 Å². The number of halogens is 1. The first-order valence-corrected chi connectivity index (χ1v) is 6.77. The fourth-order valence-electron chi connectivity index (χ4n) is 2.44. The SMILES string of the molecule is C#CCOc1cccc(CNC2CCCCC2)c1.Cl. The van der Waals surface area contributed by atoms with Gasteiger partial charge in [-0.1, -0.05) is 37.3 Å². The highest BCUT2D eigenvalue weighted by atomic mass is 35.5. The highest BCUT2D eigenvalue weighted by Gasteiger charge is 2.12. The third kappa shape index (κ3) is 5.55. The van der Waals surface area contributed by atoms with E-state index in [0.717, 1.165) is 12.3 Å². The van der Waals surface area contributed by atoms with Gasteiger partial charge in [-0.05, 0) is 30.5 Å². The lowest BCUT2D eigenvalue weighted by atomic mass is 9.95. The molecule has 0 atom stereocenters. The molecular formula is C16H22ClNO. The van der Waals surface area contributed by atoms with Crippen LogP contribution in [0.15, 0.2) is 24.3 Å². The van der Waals surface area contributed by atoms with Gasteiger partial charge in [-0.3, -0.25) is 0 Å². The molecule has 1 saturated carbocycles. The summed E-state index contributed by atoms with van der Waals surface area (Å²) in [6, 6.07) is 8.84. The summed E-state index contributed by atoms with van der Waals surface area (Å²) in [4.78, 5) is 0. The Kier molecular flexibility index (Phi) is 7.40. The van der Waals surface area contributed by atoms with Gasteiger partial charge in [-0.2, -0.15) is 0 Å². The molecule has 104 valence electrons. The summed E-state index contributed by atoms with van der Waals surface area (Å²) in [5, 5.41) is 3.63. The smallest absolute Gasteiger partial charge is 0.148 e. The van der Waals surface area contributed by atoms with Gasteiger partial charge in [0.15, 0.2) is 0 Å². The summed E-state index contributed by atoms with van der Waals surface area (Å²) in [6.07, 6.45) is 11.9. The van der Waals surface area contributed by atoms with E-state index in [1.165, 1.54) is 37.7 Å². The molecule has 0 unspecified atom stereocenters. The van der Waals surface area contributed by atoms with Gasteiger partial charge in [-0.15, -0.1) is 18.8 Å². The van der Waals surface area contributed by atoms with Crippen molar-refractivity contribution in [3.63, 3.8) is 0 Å². The first-order chi connectivity index (χ1) is 8.88. The predicted molar refractivity (Wildman–Crippen MR) is 81.7 cm³/mol. The maximum atomic E-state index is 5.42. The molecule has 0 aromatic heterocycles. The van der Waals surface area contributed by atoms with Gasteiger partial charge in [0.2, 0.25) is 0 Å². The Morgan fingerprint density at radius 3 is 2.79 bits per heavy atom. The number of ether oxygens (including phenoxy) is 1. The normalized spacial score (nSPS) is 15.3. The molecule has 1 fully saturated rings. The van der Waals surface area contributed by atoms with E-state index in [4.69, 9.17) is 11.2 Å². The summed E-state index contributed by atoms with van der Waals surface area (Å²) in [7, 11) is 0. The van der Waals surface area contributed by atoms with Crippen LogP contribution < -0.4 is 10.1 Å². The average molecular weight is 280 g/mol. The number of terminal acetylenes is 1. The Balaban J connectivity index is 0.00000180. The molecule has 1 aromatic carbocycles. The predicted octanol–water partition coefficient (Wildman–Crippen LogP) is 3.54. The van der Waals surface area contributed by atoms with E-state index >= 15 is 0 Å². The van der Waals surface area contributed by atoms with Crippen molar-refractivity contribution in [1.82, 2.24) is 5.32 Å². The third-order valence-corrected chi connectivity index (χ3v) is 3.42. The zero-order valence-corrected chi connectivity index (χ0v) is 12.0. The molecule has 1 aliphatic carbocycles. The molecule has 2 nitrogen and oxygen atoms in total. The van der Waals surface area contributed by atoms with Crippen LogP contribution in [0.5, 0.6) is 5.75 Å². The minimum atomic E-state index is 0. The quantitative estimate of drug-likeness (QED) is 0.833. The van der Waals surface area contributed by atoms with Crippen molar-refractivity contribution < 1.29 is 4.74 Å². The molecule has 1 N–H and O–H groups in total. The zero-order valence-electron chi connectivity index (χ0n) is 11.2. The van der Waals surface area contributed by atoms with Gasteiger partial charge < -0.3 is 10.1 Å². The van der Waals surface area contributed by atoms with Crippen LogP contribution >= 0.6 is 12.4 Å². The monoisotopic (exact) mass is 279 g/mol. The zero-order chi connectivity index (χ0) is 12.6. The Morgan fingerprint density at radius 2 is 2.05 bits per heavy atom. The van der Waals surface area contributed by atoms with E-state index in [1.807, 2.05) is 12.1 Å². The van der Waals surface area contributed by atoms with Gasteiger partial charge in [0.1, 0.15) is 12.4 Å². The van der Waals surface area contributed by atoms with Gasteiger partial charge in [-0.25, -0.2) is 0 Å². The van der Waals surface area contributed by atoms with Crippen molar-refractivity contribution in [2.24, 2.45) is 0 Å². The van der Waals surface area contributed by atoms with Crippen LogP contribution in [-0.2, 0) is 6.54 Å². The van der Waals surface area contributed by atoms with Crippen LogP contribution in [0.1, 0.15) is 37.7 Å². The maximum absolute atomic E-state index is 5.42. The molecule has 3 heteroatoms. The van der Waals surface area contributed by atoms with Gasteiger partial charge in [0, 0.05) is 12.6 Å². The van der Waals surface area contributed by atoms with E-state index in [1.54, 1.807) is 0 Å². The molecule has 0 spiro atoms. The van der Waals surface area contributed by atoms with Crippen LogP contribution in [-0.4, -0.2) is 12.6 Å². The molecular weight excluding hydrogens is 258 g/mol. The summed E-state index contributed by atoms with van der Waals surface area (Å²) in [5.41, 5.74) is 1.26. The molecule has 0 bridgehead atoms. The maximum Gasteiger partial charge on any atom is 0.148 e. The van der Waals surface area contributed by atoms with Crippen LogP contribution in [0.3, 0.4) is 0 Å². The standard InChI is InChI=1S/C16H21NO.ClH/c1-2-11-18-16-10-6-7-14(12-16)13-17-15-8-4-3-5-9-15;/h1,6-7,10,12,15,17H,3-5,8-9,11,13H2;1H. The first kappa shape index (κ1) is 15.9. The molecule has 0 aliphatic heterocycles. The lowest BCUT2D eigenvalue weighted by Crippen LogP contribution is -2.30. The van der Waals surface area contributed by atoms with Crippen molar-refractivity contribution in [2.75, 3.05) is 6.61 Å². The van der Waals surface area contributed by atoms with Crippen molar-refractivity contribution in [3.05, 3.63) is 29.8 Å². The molecule has 0 heterocycles. The number of hydrogen-bond donors (Lipinski definition) is 1. The highest BCUT2D eigenvalue weighted by molar-refractivity contribution is 5.85. The number of benzene rings is 1. The first-order valence-electron chi connectivity index (χ1n) is 6.77. The summed E-state index contributed by atoms with van der Waals surface area (Å²) >= 11 is 0. The summed E-state index contributed by atoms with van der Waals surface area (Å²) in [6.45, 7) is 1.25. The highest BCUT2D eigenvalue weighted by Crippen LogP contribution is 2.18. The van der Waals surface area contributed by atoms with Gasteiger partial charge in [0.25, 0.3) is 0 Å². The van der Waals surface area contributed by atoms with E-state index in [-0.39, 0.29) is 12.4 Å². The lowest BCUT2D eigenvalue weighted by molar-refractivity contribution is 0.365. The van der Waals surface area contributed by atoms with Crippen molar-refractivity contribution in [3.8, 4) is 18.1 Å². The van der Waals surface area contributed by atoms with Crippen LogP contribution in [0.25, 0.3) is 0 Å². The van der Waals surface area contributed by atoms with Crippen LogP contribution in [0.2, 0.25) is 0 Å². The van der Waals surface area contributed by atoms with Gasteiger partial charge in [0.05, 0.1) is 0 Å². The van der Waals surface area contributed by atoms with Gasteiger partial charge >= 0.3 is 0 Å². The third-order valence-electron chi connectivity index (χ3n) is 3.42. The van der Waals surface area contributed by atoms with E-state index in [0.29, 0.717) is 12.6 Å². The molecule has 0 radical (unpaired) electrons. The van der Waals surface area contributed by atoms with Crippen molar-refractivity contribution in [1.29, 1.82) is 0 Å². The van der Waals surface area contributed by atoms with E-state index in [2.05, 4.69) is 23.4 Å². The van der Waals surface area contributed by atoms with Crippen LogP contribution in [0, 0.1) is 12.3 Å². The largest absolute Gasteiger partial charge is 0.481 e. The Hall–Kier alpha value is -1.17. The number of hydrogen-bond acceptors (Lipinski definition) is 2. The lowest BCUT2D eigenvalue weighted by Gasteiger charge is -2.22. The number of rotatable bonds is 5. The molecule has 0 amide bonds. The second-order valence-electron chi connectivity index (χ2n) is 4.86. The second-order valence-corrected chi connectivity index (χ2v) is 4.86. The van der Waals surface area contributed by atoms with E-state index in [9.17, 15) is 0 Å². The molecule has 0 saturated heterocycles. The Labute approximate surface area is 122 Å². The fourth-order valence-corrected chi connectivity index (χ4v) is 2.44. The second kappa shape index (κ2) is 8.85. The van der Waals surface area contributed by atoms with Crippen molar-refractivity contribution in [2.45, 2.75) is 44.7 Å². The average Bonchev–Trinajstić information content (AvgIpc) is 2.44. The molecule has 1 aromatic rings. The summed E-state index contributed by atoms with van der Waals surface area (Å²) < 4.78 is 5.42. The molecule has 2 rings (SSSR count). The minimum Gasteiger partial charge on any atom is -0.481 e. The Bertz CT molecular complexity index is 407.